The van der Waals surface area contributed by atoms with Gasteiger partial charge < -0.3 is 10.6 Å². The van der Waals surface area contributed by atoms with Crippen LogP contribution in [0.3, 0.4) is 0 Å². The van der Waals surface area contributed by atoms with Gasteiger partial charge >= 0.3 is 0 Å². The van der Waals surface area contributed by atoms with Gasteiger partial charge in [-0.1, -0.05) is 11.8 Å². The molecule has 2 N–H and O–H groups in total. The highest BCUT2D eigenvalue weighted by Crippen LogP contribution is 2.28. The van der Waals surface area contributed by atoms with Gasteiger partial charge in [-0.25, -0.2) is 9.97 Å². The summed E-state index contributed by atoms with van der Waals surface area (Å²) in [6.45, 7) is 3.43. The Kier molecular flexibility index (Phi) is 4.57. The third-order valence-corrected chi connectivity index (χ3v) is 3.38. The van der Waals surface area contributed by atoms with Gasteiger partial charge in [0, 0.05) is 30.2 Å². The van der Waals surface area contributed by atoms with Crippen LogP contribution in [0.5, 0.6) is 0 Å². The molecular formula is C14H16N4OS. The van der Waals surface area contributed by atoms with Crippen molar-refractivity contribution in [2.45, 2.75) is 23.8 Å². The molecule has 0 fully saturated rings. The lowest BCUT2D eigenvalue weighted by molar-refractivity contribution is -0.114. The van der Waals surface area contributed by atoms with Crippen molar-refractivity contribution in [2.75, 3.05) is 17.7 Å². The smallest absolute Gasteiger partial charge is 0.223 e. The van der Waals surface area contributed by atoms with Crippen molar-refractivity contribution in [3.8, 4) is 0 Å². The number of aryl methyl sites for hydroxylation is 1. The van der Waals surface area contributed by atoms with Crippen LogP contribution in [0.4, 0.5) is 11.6 Å². The molecular weight excluding hydrogens is 272 g/mol. The Balaban J connectivity index is 2.13. The summed E-state index contributed by atoms with van der Waals surface area (Å²) in [7, 11) is 1.80. The van der Waals surface area contributed by atoms with Crippen LogP contribution in [0.15, 0.2) is 40.3 Å². The first-order chi connectivity index (χ1) is 9.56. The molecule has 0 aliphatic rings. The van der Waals surface area contributed by atoms with Crippen LogP contribution in [0.1, 0.15) is 12.6 Å². The molecule has 0 spiro atoms. The minimum atomic E-state index is -0.0736. The maximum Gasteiger partial charge on any atom is 0.223 e. The molecule has 0 atom stereocenters. The van der Waals surface area contributed by atoms with Crippen LogP contribution in [0, 0.1) is 6.92 Å². The molecule has 2 rings (SSSR count). The standard InChI is InChI=1S/C14H16N4OS/c1-9-8-13(18-14(15-3)16-9)20-12-6-4-11(5-7-12)17-10(2)19/h4-8H,1-3H3,(H,17,19)(H,15,16,18). The van der Waals surface area contributed by atoms with Gasteiger partial charge in [0.15, 0.2) is 0 Å². The minimum Gasteiger partial charge on any atom is -0.357 e. The number of nitrogens with one attached hydrogen (secondary N) is 2. The molecule has 0 saturated carbocycles. The van der Waals surface area contributed by atoms with Crippen molar-refractivity contribution in [3.05, 3.63) is 36.0 Å². The number of carbonyl (C=O) groups excluding carboxylic acids is 1. The third kappa shape index (κ3) is 3.96. The van der Waals surface area contributed by atoms with Crippen molar-refractivity contribution in [1.29, 1.82) is 0 Å². The van der Waals surface area contributed by atoms with Crippen molar-refractivity contribution in [2.24, 2.45) is 0 Å². The van der Waals surface area contributed by atoms with E-state index < -0.39 is 0 Å². The molecule has 0 saturated heterocycles. The number of anilines is 2. The molecule has 20 heavy (non-hydrogen) atoms. The fourth-order valence-corrected chi connectivity index (χ4v) is 2.51. The summed E-state index contributed by atoms with van der Waals surface area (Å²) in [5.41, 5.74) is 1.71. The van der Waals surface area contributed by atoms with E-state index in [0.717, 1.165) is 21.3 Å². The van der Waals surface area contributed by atoms with Crippen LogP contribution in [-0.2, 0) is 4.79 Å². The summed E-state index contributed by atoms with van der Waals surface area (Å²) in [6, 6.07) is 9.58. The monoisotopic (exact) mass is 288 g/mol. The predicted molar refractivity (Wildman–Crippen MR) is 81.2 cm³/mol. The molecule has 6 heteroatoms. The highest BCUT2D eigenvalue weighted by atomic mass is 32.2. The van der Waals surface area contributed by atoms with Crippen molar-refractivity contribution >= 4 is 29.3 Å². The van der Waals surface area contributed by atoms with E-state index in [4.69, 9.17) is 0 Å². The first-order valence-electron chi connectivity index (χ1n) is 6.16. The van der Waals surface area contributed by atoms with Crippen molar-refractivity contribution < 1.29 is 4.79 Å². The largest absolute Gasteiger partial charge is 0.357 e. The molecule has 1 amide bonds. The average Bonchev–Trinajstić information content (AvgIpc) is 2.39. The predicted octanol–water partition coefficient (Wildman–Crippen LogP) is 2.94. The van der Waals surface area contributed by atoms with E-state index in [1.165, 1.54) is 6.92 Å². The van der Waals surface area contributed by atoms with Gasteiger partial charge in [0.2, 0.25) is 11.9 Å². The Labute approximate surface area is 122 Å². The zero-order valence-corrected chi connectivity index (χ0v) is 12.4. The van der Waals surface area contributed by atoms with E-state index in [1.54, 1.807) is 18.8 Å². The fourth-order valence-electron chi connectivity index (χ4n) is 1.63. The molecule has 1 heterocycles. The number of aromatic nitrogens is 2. The Bertz CT molecular complexity index is 613. The lowest BCUT2D eigenvalue weighted by Crippen LogP contribution is -2.05. The van der Waals surface area contributed by atoms with Gasteiger partial charge in [-0.15, -0.1) is 0 Å². The topological polar surface area (TPSA) is 66.9 Å². The molecule has 5 nitrogen and oxygen atoms in total. The maximum absolute atomic E-state index is 11.0. The van der Waals surface area contributed by atoms with Crippen LogP contribution < -0.4 is 10.6 Å². The normalized spacial score (nSPS) is 10.2. The number of hydrogen-bond donors (Lipinski definition) is 2. The van der Waals surface area contributed by atoms with Gasteiger partial charge in [-0.2, -0.15) is 0 Å². The molecule has 2 aromatic rings. The van der Waals surface area contributed by atoms with E-state index in [0.29, 0.717) is 5.95 Å². The molecule has 0 unspecified atom stereocenters. The summed E-state index contributed by atoms with van der Waals surface area (Å²) in [6.07, 6.45) is 0. The Hall–Kier alpha value is -2.08. The zero-order chi connectivity index (χ0) is 14.5. The number of hydrogen-bond acceptors (Lipinski definition) is 5. The number of carbonyl (C=O) groups is 1. The number of rotatable bonds is 4. The molecule has 0 aliphatic carbocycles. The van der Waals surface area contributed by atoms with Gasteiger partial charge in [0.1, 0.15) is 5.03 Å². The summed E-state index contributed by atoms with van der Waals surface area (Å²) < 4.78 is 0. The van der Waals surface area contributed by atoms with Gasteiger partial charge in [0.05, 0.1) is 0 Å². The van der Waals surface area contributed by atoms with E-state index >= 15 is 0 Å². The van der Waals surface area contributed by atoms with Crippen LogP contribution in [0.2, 0.25) is 0 Å². The first kappa shape index (κ1) is 14.3. The quantitative estimate of drug-likeness (QED) is 0.847. The molecule has 0 aliphatic heterocycles. The van der Waals surface area contributed by atoms with Gasteiger partial charge in [0.25, 0.3) is 0 Å². The SMILES string of the molecule is CNc1nc(C)cc(Sc2ccc(NC(C)=O)cc2)n1. The van der Waals surface area contributed by atoms with Crippen molar-refractivity contribution in [3.63, 3.8) is 0 Å². The second-order valence-corrected chi connectivity index (χ2v) is 5.32. The molecule has 1 aromatic carbocycles. The lowest BCUT2D eigenvalue weighted by Gasteiger charge is -2.06. The van der Waals surface area contributed by atoms with E-state index in [1.807, 2.05) is 37.3 Å². The Morgan fingerprint density at radius 1 is 1.20 bits per heavy atom. The number of nitrogens with zero attached hydrogens (tertiary/aromatic N) is 2. The second-order valence-electron chi connectivity index (χ2n) is 4.23. The molecule has 0 bridgehead atoms. The number of amides is 1. The average molecular weight is 288 g/mol. The Morgan fingerprint density at radius 3 is 2.50 bits per heavy atom. The lowest BCUT2D eigenvalue weighted by atomic mass is 10.3. The van der Waals surface area contributed by atoms with Crippen LogP contribution in [-0.4, -0.2) is 22.9 Å². The first-order valence-corrected chi connectivity index (χ1v) is 6.97. The van der Waals surface area contributed by atoms with Crippen molar-refractivity contribution in [1.82, 2.24) is 9.97 Å². The zero-order valence-electron chi connectivity index (χ0n) is 11.6. The second kappa shape index (κ2) is 6.38. The third-order valence-electron chi connectivity index (χ3n) is 2.45. The van der Waals surface area contributed by atoms with Gasteiger partial charge in [-0.3, -0.25) is 4.79 Å². The van der Waals surface area contributed by atoms with Crippen LogP contribution in [0.25, 0.3) is 0 Å². The van der Waals surface area contributed by atoms with E-state index in [9.17, 15) is 4.79 Å². The number of benzene rings is 1. The summed E-state index contributed by atoms with van der Waals surface area (Å²) >= 11 is 1.56. The summed E-state index contributed by atoms with van der Waals surface area (Å²) in [5.74, 6) is 0.540. The van der Waals surface area contributed by atoms with E-state index in [2.05, 4.69) is 20.6 Å². The highest BCUT2D eigenvalue weighted by molar-refractivity contribution is 7.99. The summed E-state index contributed by atoms with van der Waals surface area (Å²) in [5, 5.41) is 6.56. The summed E-state index contributed by atoms with van der Waals surface area (Å²) in [4.78, 5) is 20.7. The maximum atomic E-state index is 11.0. The molecule has 1 aromatic heterocycles. The van der Waals surface area contributed by atoms with Gasteiger partial charge in [-0.05, 0) is 37.3 Å². The van der Waals surface area contributed by atoms with E-state index in [-0.39, 0.29) is 5.91 Å². The Morgan fingerprint density at radius 2 is 1.90 bits per heavy atom. The highest BCUT2D eigenvalue weighted by Gasteiger charge is 2.04. The molecule has 104 valence electrons. The minimum absolute atomic E-state index is 0.0736. The van der Waals surface area contributed by atoms with Crippen LogP contribution >= 0.6 is 11.8 Å². The molecule has 0 radical (unpaired) electrons. The fraction of sp³-hybridized carbons (Fsp3) is 0.214.